The van der Waals surface area contributed by atoms with Gasteiger partial charge in [-0.1, -0.05) is 19.1 Å². The average molecular weight is 250 g/mol. The summed E-state index contributed by atoms with van der Waals surface area (Å²) in [4.78, 5) is 0.218. The maximum absolute atomic E-state index is 12.6. The molecule has 0 saturated carbocycles. The van der Waals surface area contributed by atoms with E-state index < -0.39 is 11.7 Å². The largest absolute Gasteiger partial charge is 0.417 e. The summed E-state index contributed by atoms with van der Waals surface area (Å²) in [5.41, 5.74) is -0.607. The standard InChI is InChI=1S/C11H13F3OS/c1-8(6-7-15)16-10-5-3-2-4-9(10)11(12,13)14/h2-5,8,15H,6-7H2,1H3. The Balaban J connectivity index is 2.87. The Hall–Kier alpha value is -0.680. The molecular formula is C11H13F3OS. The smallest absolute Gasteiger partial charge is 0.396 e. The second-order valence-corrected chi connectivity index (χ2v) is 4.91. The minimum Gasteiger partial charge on any atom is -0.396 e. The van der Waals surface area contributed by atoms with Crippen LogP contribution < -0.4 is 0 Å². The molecule has 0 aromatic heterocycles. The van der Waals surface area contributed by atoms with Gasteiger partial charge in [-0.05, 0) is 18.6 Å². The van der Waals surface area contributed by atoms with Gasteiger partial charge in [0.05, 0.1) is 5.56 Å². The Morgan fingerprint density at radius 3 is 2.50 bits per heavy atom. The van der Waals surface area contributed by atoms with Crippen LogP contribution in [0.4, 0.5) is 13.2 Å². The predicted octanol–water partition coefficient (Wildman–Crippen LogP) is 3.57. The monoisotopic (exact) mass is 250 g/mol. The fraction of sp³-hybridized carbons (Fsp3) is 0.455. The zero-order chi connectivity index (χ0) is 12.2. The highest BCUT2D eigenvalue weighted by atomic mass is 32.2. The van der Waals surface area contributed by atoms with Crippen molar-refractivity contribution in [2.45, 2.75) is 29.7 Å². The number of benzene rings is 1. The Bertz CT molecular complexity index is 338. The molecule has 0 aliphatic rings. The lowest BCUT2D eigenvalue weighted by atomic mass is 10.2. The number of rotatable bonds is 4. The normalized spacial score (nSPS) is 13.8. The van der Waals surface area contributed by atoms with Gasteiger partial charge in [0.15, 0.2) is 0 Å². The van der Waals surface area contributed by atoms with Crippen molar-refractivity contribution < 1.29 is 18.3 Å². The van der Waals surface area contributed by atoms with E-state index in [4.69, 9.17) is 5.11 Å². The van der Waals surface area contributed by atoms with Gasteiger partial charge in [-0.15, -0.1) is 11.8 Å². The van der Waals surface area contributed by atoms with Gasteiger partial charge in [0, 0.05) is 16.8 Å². The van der Waals surface area contributed by atoms with Crippen LogP contribution in [-0.2, 0) is 6.18 Å². The summed E-state index contributed by atoms with van der Waals surface area (Å²) in [5, 5.41) is 8.67. The maximum Gasteiger partial charge on any atom is 0.417 e. The van der Waals surface area contributed by atoms with E-state index in [0.717, 1.165) is 17.8 Å². The second kappa shape index (κ2) is 5.59. The molecule has 0 spiro atoms. The van der Waals surface area contributed by atoms with Gasteiger partial charge in [0.25, 0.3) is 0 Å². The molecule has 1 N–H and O–H groups in total. The third kappa shape index (κ3) is 3.72. The number of hydrogen-bond donors (Lipinski definition) is 1. The first-order valence-corrected chi connectivity index (χ1v) is 5.77. The Kier molecular flexibility index (Phi) is 4.68. The molecule has 0 fully saturated rings. The van der Waals surface area contributed by atoms with Crippen molar-refractivity contribution in [3.8, 4) is 0 Å². The predicted molar refractivity (Wildman–Crippen MR) is 58.5 cm³/mol. The summed E-state index contributed by atoms with van der Waals surface area (Å²) < 4.78 is 37.9. The van der Waals surface area contributed by atoms with Gasteiger partial charge in [-0.3, -0.25) is 0 Å². The highest BCUT2D eigenvalue weighted by Gasteiger charge is 2.33. The van der Waals surface area contributed by atoms with E-state index in [0.29, 0.717) is 6.42 Å². The summed E-state index contributed by atoms with van der Waals surface area (Å²) >= 11 is 1.14. The van der Waals surface area contributed by atoms with Crippen LogP contribution in [0.5, 0.6) is 0 Å². The molecule has 5 heteroatoms. The van der Waals surface area contributed by atoms with Crippen LogP contribution in [0.15, 0.2) is 29.2 Å². The van der Waals surface area contributed by atoms with Gasteiger partial charge in [-0.2, -0.15) is 13.2 Å². The van der Waals surface area contributed by atoms with Crippen molar-refractivity contribution in [2.24, 2.45) is 0 Å². The third-order valence-electron chi connectivity index (χ3n) is 2.06. The van der Waals surface area contributed by atoms with Crippen molar-refractivity contribution >= 4 is 11.8 Å². The summed E-state index contributed by atoms with van der Waals surface area (Å²) in [6, 6.07) is 5.50. The van der Waals surface area contributed by atoms with E-state index in [-0.39, 0.29) is 16.8 Å². The van der Waals surface area contributed by atoms with Crippen LogP contribution in [0.3, 0.4) is 0 Å². The lowest BCUT2D eigenvalue weighted by Gasteiger charge is -2.15. The molecule has 16 heavy (non-hydrogen) atoms. The van der Waals surface area contributed by atoms with Crippen LogP contribution in [-0.4, -0.2) is 17.0 Å². The molecule has 0 heterocycles. The van der Waals surface area contributed by atoms with Gasteiger partial charge in [-0.25, -0.2) is 0 Å². The molecule has 0 saturated heterocycles. The SMILES string of the molecule is CC(CCO)Sc1ccccc1C(F)(F)F. The molecule has 1 nitrogen and oxygen atoms in total. The maximum atomic E-state index is 12.6. The van der Waals surface area contributed by atoms with Gasteiger partial charge in [0.1, 0.15) is 0 Å². The topological polar surface area (TPSA) is 20.2 Å². The fourth-order valence-corrected chi connectivity index (χ4v) is 2.39. The van der Waals surface area contributed by atoms with Crippen molar-refractivity contribution in [2.75, 3.05) is 6.61 Å². The van der Waals surface area contributed by atoms with Crippen LogP contribution in [0.1, 0.15) is 18.9 Å². The van der Waals surface area contributed by atoms with Gasteiger partial charge >= 0.3 is 6.18 Å². The molecule has 1 aromatic carbocycles. The van der Waals surface area contributed by atoms with Gasteiger partial charge in [0.2, 0.25) is 0 Å². The van der Waals surface area contributed by atoms with Crippen LogP contribution in [0, 0.1) is 0 Å². The van der Waals surface area contributed by atoms with E-state index in [1.54, 1.807) is 13.0 Å². The molecule has 0 aliphatic heterocycles. The van der Waals surface area contributed by atoms with Crippen molar-refractivity contribution in [1.29, 1.82) is 0 Å². The molecule has 0 amide bonds. The molecule has 0 radical (unpaired) electrons. The Labute approximate surface area is 96.7 Å². The second-order valence-electron chi connectivity index (χ2n) is 3.43. The lowest BCUT2D eigenvalue weighted by molar-refractivity contribution is -0.139. The van der Waals surface area contributed by atoms with Crippen LogP contribution in [0.2, 0.25) is 0 Å². The summed E-state index contributed by atoms with van der Waals surface area (Å²) in [5.74, 6) is 0. The van der Waals surface area contributed by atoms with E-state index in [9.17, 15) is 13.2 Å². The molecule has 1 aromatic rings. The highest BCUT2D eigenvalue weighted by Crippen LogP contribution is 2.38. The molecule has 0 aliphatic carbocycles. The average Bonchev–Trinajstić information content (AvgIpc) is 2.17. The zero-order valence-corrected chi connectivity index (χ0v) is 9.61. The number of thioether (sulfide) groups is 1. The quantitative estimate of drug-likeness (QED) is 0.824. The zero-order valence-electron chi connectivity index (χ0n) is 8.79. The van der Waals surface area contributed by atoms with Crippen molar-refractivity contribution in [3.05, 3.63) is 29.8 Å². The molecular weight excluding hydrogens is 237 g/mol. The first kappa shape index (κ1) is 13.4. The number of aliphatic hydroxyl groups is 1. The molecule has 0 bridgehead atoms. The summed E-state index contributed by atoms with van der Waals surface area (Å²) in [6.07, 6.45) is -3.83. The van der Waals surface area contributed by atoms with Crippen molar-refractivity contribution in [3.63, 3.8) is 0 Å². The Morgan fingerprint density at radius 2 is 1.94 bits per heavy atom. The number of aliphatic hydroxyl groups excluding tert-OH is 1. The highest BCUT2D eigenvalue weighted by molar-refractivity contribution is 8.00. The first-order valence-electron chi connectivity index (χ1n) is 4.89. The van der Waals surface area contributed by atoms with Crippen LogP contribution >= 0.6 is 11.8 Å². The summed E-state index contributed by atoms with van der Waals surface area (Å²) in [7, 11) is 0. The number of hydrogen-bond acceptors (Lipinski definition) is 2. The van der Waals surface area contributed by atoms with Crippen LogP contribution in [0.25, 0.3) is 0 Å². The van der Waals surface area contributed by atoms with E-state index in [1.165, 1.54) is 12.1 Å². The summed E-state index contributed by atoms with van der Waals surface area (Å²) in [6.45, 7) is 1.79. The fourth-order valence-electron chi connectivity index (χ4n) is 1.26. The lowest BCUT2D eigenvalue weighted by Crippen LogP contribution is -2.08. The minimum absolute atomic E-state index is 0.0116. The molecule has 1 unspecified atom stereocenters. The van der Waals surface area contributed by atoms with Crippen molar-refractivity contribution in [1.82, 2.24) is 0 Å². The number of halogens is 3. The minimum atomic E-state index is -4.32. The Morgan fingerprint density at radius 1 is 1.31 bits per heavy atom. The molecule has 90 valence electrons. The third-order valence-corrected chi connectivity index (χ3v) is 3.30. The van der Waals surface area contributed by atoms with E-state index in [1.807, 2.05) is 0 Å². The molecule has 1 rings (SSSR count). The molecule has 1 atom stereocenters. The first-order chi connectivity index (χ1) is 7.45. The number of alkyl halides is 3. The van der Waals surface area contributed by atoms with Gasteiger partial charge < -0.3 is 5.11 Å². The van der Waals surface area contributed by atoms with E-state index >= 15 is 0 Å². The van der Waals surface area contributed by atoms with E-state index in [2.05, 4.69) is 0 Å².